The molecule has 0 spiro atoms. The van der Waals surface area contributed by atoms with Gasteiger partial charge in [-0.25, -0.2) is 0 Å². The second-order valence-electron chi connectivity index (χ2n) is 7.38. The van der Waals surface area contributed by atoms with Gasteiger partial charge in [0.15, 0.2) is 5.65 Å². The number of amides is 1. The van der Waals surface area contributed by atoms with Crippen LogP contribution in [-0.4, -0.2) is 76.1 Å². The number of aromatic nitrogens is 3. The maximum absolute atomic E-state index is 13.0. The van der Waals surface area contributed by atoms with Crippen molar-refractivity contribution in [1.82, 2.24) is 24.4 Å². The Labute approximate surface area is 154 Å². The normalized spacial score (nSPS) is 22.1. The molecule has 0 aliphatic carbocycles. The van der Waals surface area contributed by atoms with Gasteiger partial charge in [-0.05, 0) is 37.9 Å². The summed E-state index contributed by atoms with van der Waals surface area (Å²) in [4.78, 5) is 19.8. The van der Waals surface area contributed by atoms with E-state index in [0.29, 0.717) is 5.91 Å². The molecule has 2 saturated heterocycles. The Kier molecular flexibility index (Phi) is 5.06. The zero-order valence-corrected chi connectivity index (χ0v) is 15.5. The van der Waals surface area contributed by atoms with E-state index in [1.54, 1.807) is 0 Å². The van der Waals surface area contributed by atoms with Crippen molar-refractivity contribution in [3.8, 4) is 0 Å². The van der Waals surface area contributed by atoms with Crippen LogP contribution in [0.3, 0.4) is 0 Å². The molecule has 7 nitrogen and oxygen atoms in total. The second-order valence-corrected chi connectivity index (χ2v) is 7.38. The number of rotatable bonds is 4. The number of fused-ring (bicyclic) bond motifs is 1. The molecule has 1 atom stereocenters. The topological polar surface area (TPSA) is 57.0 Å². The van der Waals surface area contributed by atoms with Crippen molar-refractivity contribution >= 4 is 17.5 Å². The second kappa shape index (κ2) is 7.61. The molecule has 26 heavy (non-hydrogen) atoms. The minimum absolute atomic E-state index is 0.0672. The lowest BCUT2D eigenvalue weighted by Gasteiger charge is -2.39. The SMILES string of the molecule is CCCN1CCN(C(=O)[C@H]2CCCN(c3nnc4ccccn34)C2)CC1. The number of pyridine rings is 1. The van der Waals surface area contributed by atoms with Crippen LogP contribution < -0.4 is 4.90 Å². The zero-order valence-electron chi connectivity index (χ0n) is 15.5. The van der Waals surface area contributed by atoms with Crippen LogP contribution >= 0.6 is 0 Å². The molecule has 0 unspecified atom stereocenters. The fourth-order valence-corrected chi connectivity index (χ4v) is 4.17. The molecule has 7 heteroatoms. The van der Waals surface area contributed by atoms with E-state index in [4.69, 9.17) is 0 Å². The molecule has 2 aromatic heterocycles. The summed E-state index contributed by atoms with van der Waals surface area (Å²) >= 11 is 0. The van der Waals surface area contributed by atoms with Gasteiger partial charge in [0.25, 0.3) is 0 Å². The van der Waals surface area contributed by atoms with Gasteiger partial charge in [-0.15, -0.1) is 10.2 Å². The molecule has 140 valence electrons. The van der Waals surface area contributed by atoms with E-state index in [1.165, 1.54) is 6.42 Å². The van der Waals surface area contributed by atoms with Gasteiger partial charge in [-0.2, -0.15) is 0 Å². The quantitative estimate of drug-likeness (QED) is 0.831. The highest BCUT2D eigenvalue weighted by Crippen LogP contribution is 2.24. The third kappa shape index (κ3) is 3.40. The van der Waals surface area contributed by atoms with Crippen LogP contribution in [0.2, 0.25) is 0 Å². The van der Waals surface area contributed by atoms with Gasteiger partial charge >= 0.3 is 0 Å². The first kappa shape index (κ1) is 17.3. The van der Waals surface area contributed by atoms with E-state index in [-0.39, 0.29) is 5.92 Å². The molecule has 4 heterocycles. The summed E-state index contributed by atoms with van der Waals surface area (Å²) < 4.78 is 2.01. The first-order valence-electron chi connectivity index (χ1n) is 9.82. The lowest BCUT2D eigenvalue weighted by Crippen LogP contribution is -2.52. The predicted molar refractivity (Wildman–Crippen MR) is 101 cm³/mol. The summed E-state index contributed by atoms with van der Waals surface area (Å²) in [7, 11) is 0. The summed E-state index contributed by atoms with van der Waals surface area (Å²) in [5, 5.41) is 8.61. The molecule has 0 saturated carbocycles. The zero-order chi connectivity index (χ0) is 17.9. The molecular formula is C19H28N6O. The number of carbonyl (C=O) groups is 1. The average molecular weight is 356 g/mol. The minimum atomic E-state index is 0.0672. The van der Waals surface area contributed by atoms with Gasteiger partial charge in [0, 0.05) is 45.5 Å². The molecule has 4 rings (SSSR count). The van der Waals surface area contributed by atoms with E-state index in [1.807, 2.05) is 28.8 Å². The molecule has 1 amide bonds. The van der Waals surface area contributed by atoms with Gasteiger partial charge in [-0.1, -0.05) is 13.0 Å². The van der Waals surface area contributed by atoms with Crippen molar-refractivity contribution in [2.45, 2.75) is 26.2 Å². The van der Waals surface area contributed by atoms with E-state index >= 15 is 0 Å². The maximum Gasteiger partial charge on any atom is 0.231 e. The Bertz CT molecular complexity index is 751. The van der Waals surface area contributed by atoms with Crippen LogP contribution in [0.15, 0.2) is 24.4 Å². The van der Waals surface area contributed by atoms with Crippen molar-refractivity contribution < 1.29 is 4.79 Å². The number of hydrogen-bond donors (Lipinski definition) is 0. The van der Waals surface area contributed by atoms with Crippen molar-refractivity contribution in [3.05, 3.63) is 24.4 Å². The van der Waals surface area contributed by atoms with Crippen LogP contribution in [0.4, 0.5) is 5.95 Å². The first-order valence-corrected chi connectivity index (χ1v) is 9.82. The Balaban J connectivity index is 1.41. The lowest BCUT2D eigenvalue weighted by molar-refractivity contribution is -0.137. The third-order valence-corrected chi connectivity index (χ3v) is 5.57. The monoisotopic (exact) mass is 356 g/mol. The number of piperazine rings is 1. The summed E-state index contributed by atoms with van der Waals surface area (Å²) in [5.41, 5.74) is 0.850. The highest BCUT2D eigenvalue weighted by molar-refractivity contribution is 5.80. The fraction of sp³-hybridized carbons (Fsp3) is 0.632. The Morgan fingerprint density at radius 2 is 2.00 bits per heavy atom. The van der Waals surface area contributed by atoms with E-state index in [2.05, 4.69) is 31.8 Å². The Hall–Kier alpha value is -2.15. The molecule has 0 radical (unpaired) electrons. The summed E-state index contributed by atoms with van der Waals surface area (Å²) in [6.45, 7) is 8.76. The van der Waals surface area contributed by atoms with E-state index in [0.717, 1.165) is 70.3 Å². The molecule has 0 N–H and O–H groups in total. The van der Waals surface area contributed by atoms with Gasteiger partial charge in [0.1, 0.15) is 0 Å². The highest BCUT2D eigenvalue weighted by atomic mass is 16.2. The first-order chi connectivity index (χ1) is 12.8. The fourth-order valence-electron chi connectivity index (χ4n) is 4.17. The largest absolute Gasteiger partial charge is 0.340 e. The van der Waals surface area contributed by atoms with Crippen molar-refractivity contribution in [1.29, 1.82) is 0 Å². The average Bonchev–Trinajstić information content (AvgIpc) is 3.13. The van der Waals surface area contributed by atoms with E-state index < -0.39 is 0 Å². The van der Waals surface area contributed by atoms with Crippen LogP contribution in [-0.2, 0) is 4.79 Å². The standard InChI is InChI=1S/C19H28N6O/c1-2-8-22-11-13-23(14-12-22)18(26)16-6-5-9-24(15-16)19-21-20-17-7-3-4-10-25(17)19/h3-4,7,10,16H,2,5-6,8-9,11-15H2,1H3/t16-/m0/s1. The number of nitrogens with zero attached hydrogens (tertiary/aromatic N) is 6. The summed E-state index contributed by atoms with van der Waals surface area (Å²) in [6.07, 6.45) is 5.16. The van der Waals surface area contributed by atoms with Gasteiger partial charge in [-0.3, -0.25) is 14.1 Å². The van der Waals surface area contributed by atoms with Crippen molar-refractivity contribution in [3.63, 3.8) is 0 Å². The number of piperidine rings is 1. The maximum atomic E-state index is 13.0. The smallest absolute Gasteiger partial charge is 0.231 e. The minimum Gasteiger partial charge on any atom is -0.340 e. The van der Waals surface area contributed by atoms with Gasteiger partial charge < -0.3 is 9.80 Å². The van der Waals surface area contributed by atoms with Crippen LogP contribution in [0.25, 0.3) is 5.65 Å². The van der Waals surface area contributed by atoms with Crippen LogP contribution in [0, 0.1) is 5.92 Å². The third-order valence-electron chi connectivity index (χ3n) is 5.57. The molecule has 2 aliphatic heterocycles. The van der Waals surface area contributed by atoms with Gasteiger partial charge in [0.05, 0.1) is 5.92 Å². The molecule has 2 aromatic rings. The number of carbonyl (C=O) groups excluding carboxylic acids is 1. The van der Waals surface area contributed by atoms with Crippen molar-refractivity contribution in [2.75, 3.05) is 50.7 Å². The lowest BCUT2D eigenvalue weighted by atomic mass is 9.96. The number of hydrogen-bond acceptors (Lipinski definition) is 5. The number of anilines is 1. The Morgan fingerprint density at radius 1 is 1.15 bits per heavy atom. The highest BCUT2D eigenvalue weighted by Gasteiger charge is 2.32. The predicted octanol–water partition coefficient (Wildman–Crippen LogP) is 1.50. The molecular weight excluding hydrogens is 328 g/mol. The van der Waals surface area contributed by atoms with E-state index in [9.17, 15) is 4.79 Å². The van der Waals surface area contributed by atoms with Crippen LogP contribution in [0.5, 0.6) is 0 Å². The van der Waals surface area contributed by atoms with Crippen molar-refractivity contribution in [2.24, 2.45) is 5.92 Å². The summed E-state index contributed by atoms with van der Waals surface area (Å²) in [6, 6.07) is 5.91. The van der Waals surface area contributed by atoms with Gasteiger partial charge in [0.2, 0.25) is 11.9 Å². The molecule has 0 bridgehead atoms. The summed E-state index contributed by atoms with van der Waals surface area (Å²) in [5.74, 6) is 1.24. The Morgan fingerprint density at radius 3 is 2.81 bits per heavy atom. The molecule has 0 aromatic carbocycles. The van der Waals surface area contributed by atoms with Crippen LogP contribution in [0.1, 0.15) is 26.2 Å². The molecule has 2 fully saturated rings. The molecule has 2 aliphatic rings.